The van der Waals surface area contributed by atoms with Gasteiger partial charge in [0, 0.05) is 29.6 Å². The molecule has 0 aliphatic heterocycles. The summed E-state index contributed by atoms with van der Waals surface area (Å²) in [4.78, 5) is 13.4. The van der Waals surface area contributed by atoms with E-state index in [2.05, 4.69) is 31.9 Å². The van der Waals surface area contributed by atoms with Gasteiger partial charge >= 0.3 is 0 Å². The fraction of sp³-hybridized carbons (Fsp3) is 0.462. The Kier molecular flexibility index (Phi) is 6.83. The third kappa shape index (κ3) is 4.77. The van der Waals surface area contributed by atoms with Gasteiger partial charge in [0.2, 0.25) is 15.9 Å². The summed E-state index contributed by atoms with van der Waals surface area (Å²) in [6.07, 6.45) is 0.631. The average molecular weight is 442 g/mol. The molecule has 1 aromatic rings. The molecule has 0 aliphatic carbocycles. The molecule has 0 saturated heterocycles. The second-order valence-electron chi connectivity index (χ2n) is 4.70. The van der Waals surface area contributed by atoms with Gasteiger partial charge in [-0.25, -0.2) is 8.42 Å². The number of carbonyl (C=O) groups excluding carboxylic acids is 1. The van der Waals surface area contributed by atoms with Crippen LogP contribution in [0.1, 0.15) is 13.3 Å². The fourth-order valence-electron chi connectivity index (χ4n) is 1.64. The zero-order valence-electron chi connectivity index (χ0n) is 12.1. The molecular weight excluding hydrogens is 424 g/mol. The lowest BCUT2D eigenvalue weighted by Crippen LogP contribution is -2.40. The molecule has 1 aromatic carbocycles. The smallest absolute Gasteiger partial charge is 0.244 e. The van der Waals surface area contributed by atoms with Gasteiger partial charge in [0.15, 0.2) is 0 Å². The molecule has 1 amide bonds. The van der Waals surface area contributed by atoms with Crippen LogP contribution in [0.3, 0.4) is 0 Å². The number of likely N-dealkylation sites (N-methyl/N-ethyl adjacent to an activating group) is 1. The van der Waals surface area contributed by atoms with Crippen molar-refractivity contribution in [3.63, 3.8) is 0 Å². The van der Waals surface area contributed by atoms with Crippen molar-refractivity contribution in [2.24, 2.45) is 0 Å². The number of nitrogens with zero attached hydrogens (tertiary/aromatic N) is 2. The standard InChI is InChI=1S/C13H18Br2N2O3S/c1-4-7-17(9-13(18)16(2)3)21(19,20)12-8-10(14)5-6-11(12)15/h5-6,8H,4,7,9H2,1-3H3. The molecule has 0 unspecified atom stereocenters. The topological polar surface area (TPSA) is 57.7 Å². The summed E-state index contributed by atoms with van der Waals surface area (Å²) < 4.78 is 27.9. The van der Waals surface area contributed by atoms with E-state index in [1.165, 1.54) is 15.3 Å². The molecular formula is C13H18Br2N2O3S. The summed E-state index contributed by atoms with van der Waals surface area (Å²) in [7, 11) is -0.526. The predicted octanol–water partition coefficient (Wildman–Crippen LogP) is 2.70. The lowest BCUT2D eigenvalue weighted by Gasteiger charge is -2.23. The van der Waals surface area contributed by atoms with Gasteiger partial charge in [0.05, 0.1) is 11.4 Å². The van der Waals surface area contributed by atoms with Crippen LogP contribution in [0, 0.1) is 0 Å². The van der Waals surface area contributed by atoms with Crippen molar-refractivity contribution in [1.82, 2.24) is 9.21 Å². The molecule has 0 N–H and O–H groups in total. The maximum atomic E-state index is 12.8. The molecule has 5 nitrogen and oxygen atoms in total. The summed E-state index contributed by atoms with van der Waals surface area (Å²) in [5.41, 5.74) is 0. The Hall–Kier alpha value is -0.440. The third-order valence-corrected chi connectivity index (χ3v) is 6.13. The largest absolute Gasteiger partial charge is 0.348 e. The van der Waals surface area contributed by atoms with E-state index in [1.807, 2.05) is 6.92 Å². The lowest BCUT2D eigenvalue weighted by molar-refractivity contribution is -0.128. The van der Waals surface area contributed by atoms with E-state index < -0.39 is 10.0 Å². The minimum Gasteiger partial charge on any atom is -0.348 e. The lowest BCUT2D eigenvalue weighted by atomic mass is 10.4. The van der Waals surface area contributed by atoms with Crippen LogP contribution in [0.2, 0.25) is 0 Å². The van der Waals surface area contributed by atoms with E-state index >= 15 is 0 Å². The Balaban J connectivity index is 3.21. The second-order valence-corrected chi connectivity index (χ2v) is 8.38. The molecule has 21 heavy (non-hydrogen) atoms. The van der Waals surface area contributed by atoms with Gasteiger partial charge in [-0.3, -0.25) is 4.79 Å². The molecule has 8 heteroatoms. The molecule has 0 atom stereocenters. The Morgan fingerprint density at radius 3 is 2.38 bits per heavy atom. The number of hydrogen-bond acceptors (Lipinski definition) is 3. The maximum Gasteiger partial charge on any atom is 0.244 e. The van der Waals surface area contributed by atoms with E-state index in [0.717, 1.165) is 0 Å². The zero-order valence-corrected chi connectivity index (χ0v) is 16.1. The van der Waals surface area contributed by atoms with Crippen molar-refractivity contribution >= 4 is 47.8 Å². The van der Waals surface area contributed by atoms with Crippen molar-refractivity contribution in [2.45, 2.75) is 18.2 Å². The Labute approximate surface area is 142 Å². The van der Waals surface area contributed by atoms with Gasteiger partial charge in [0.1, 0.15) is 0 Å². The molecule has 0 bridgehead atoms. The van der Waals surface area contributed by atoms with E-state index in [4.69, 9.17) is 0 Å². The maximum absolute atomic E-state index is 12.8. The first kappa shape index (κ1) is 18.6. The molecule has 0 aromatic heterocycles. The average Bonchev–Trinajstić information content (AvgIpc) is 2.40. The van der Waals surface area contributed by atoms with Crippen molar-refractivity contribution in [3.05, 3.63) is 27.1 Å². The van der Waals surface area contributed by atoms with Crippen molar-refractivity contribution in [3.8, 4) is 0 Å². The van der Waals surface area contributed by atoms with Crippen LogP contribution >= 0.6 is 31.9 Å². The zero-order chi connectivity index (χ0) is 16.2. The van der Waals surface area contributed by atoms with Crippen LogP contribution in [0.15, 0.2) is 32.0 Å². The fourth-order valence-corrected chi connectivity index (χ4v) is 4.58. The van der Waals surface area contributed by atoms with Crippen molar-refractivity contribution in [2.75, 3.05) is 27.2 Å². The molecule has 118 valence electrons. The molecule has 0 saturated carbocycles. The highest BCUT2D eigenvalue weighted by Crippen LogP contribution is 2.28. The molecule has 0 spiro atoms. The van der Waals surface area contributed by atoms with Gasteiger partial charge < -0.3 is 4.90 Å². The van der Waals surface area contributed by atoms with Gasteiger partial charge in [-0.15, -0.1) is 0 Å². The summed E-state index contributed by atoms with van der Waals surface area (Å²) in [6, 6.07) is 4.94. The summed E-state index contributed by atoms with van der Waals surface area (Å²) in [5.74, 6) is -0.252. The van der Waals surface area contributed by atoms with Crippen LogP contribution < -0.4 is 0 Å². The van der Waals surface area contributed by atoms with Crippen molar-refractivity contribution in [1.29, 1.82) is 0 Å². The van der Waals surface area contributed by atoms with Crippen LogP contribution in [0.25, 0.3) is 0 Å². The van der Waals surface area contributed by atoms with Crippen LogP contribution in [0.4, 0.5) is 0 Å². The molecule has 0 radical (unpaired) electrons. The number of benzene rings is 1. The number of halogens is 2. The number of amides is 1. The van der Waals surface area contributed by atoms with Crippen LogP contribution in [-0.2, 0) is 14.8 Å². The first-order chi connectivity index (χ1) is 9.70. The molecule has 0 fully saturated rings. The van der Waals surface area contributed by atoms with Gasteiger partial charge in [-0.1, -0.05) is 22.9 Å². The normalized spacial score (nSPS) is 11.7. The Bertz CT molecular complexity index is 618. The van der Waals surface area contributed by atoms with E-state index in [0.29, 0.717) is 21.9 Å². The molecule has 0 heterocycles. The monoisotopic (exact) mass is 440 g/mol. The highest BCUT2D eigenvalue weighted by Gasteiger charge is 2.28. The quantitative estimate of drug-likeness (QED) is 0.681. The van der Waals surface area contributed by atoms with Crippen LogP contribution in [0.5, 0.6) is 0 Å². The van der Waals surface area contributed by atoms with E-state index in [1.54, 1.807) is 26.2 Å². The van der Waals surface area contributed by atoms with Gasteiger partial charge in [0.25, 0.3) is 0 Å². The van der Waals surface area contributed by atoms with Crippen molar-refractivity contribution < 1.29 is 13.2 Å². The summed E-state index contributed by atoms with van der Waals surface area (Å²) in [6.45, 7) is 2.00. The van der Waals surface area contributed by atoms with E-state index in [-0.39, 0.29) is 17.3 Å². The second kappa shape index (κ2) is 7.71. The minimum absolute atomic E-state index is 0.150. The van der Waals surface area contributed by atoms with Gasteiger partial charge in [-0.2, -0.15) is 4.31 Å². The third-order valence-electron chi connectivity index (χ3n) is 2.79. The highest BCUT2D eigenvalue weighted by atomic mass is 79.9. The van der Waals surface area contributed by atoms with E-state index in [9.17, 15) is 13.2 Å². The van der Waals surface area contributed by atoms with Gasteiger partial charge in [-0.05, 0) is 40.5 Å². The Morgan fingerprint density at radius 2 is 1.86 bits per heavy atom. The molecule has 0 aliphatic rings. The summed E-state index contributed by atoms with van der Waals surface area (Å²) >= 11 is 6.53. The first-order valence-corrected chi connectivity index (χ1v) is 9.38. The minimum atomic E-state index is -3.74. The number of rotatable bonds is 6. The highest BCUT2D eigenvalue weighted by molar-refractivity contribution is 9.11. The first-order valence-electron chi connectivity index (χ1n) is 6.35. The van der Waals surface area contributed by atoms with Crippen LogP contribution in [-0.4, -0.2) is 50.7 Å². The summed E-state index contributed by atoms with van der Waals surface area (Å²) in [5, 5.41) is 0. The number of sulfonamides is 1. The predicted molar refractivity (Wildman–Crippen MR) is 89.6 cm³/mol. The number of carbonyl (C=O) groups is 1. The molecule has 1 rings (SSSR count). The number of hydrogen-bond donors (Lipinski definition) is 0. The Morgan fingerprint density at radius 1 is 1.24 bits per heavy atom. The SMILES string of the molecule is CCCN(CC(=O)N(C)C)S(=O)(=O)c1cc(Br)ccc1Br.